The summed E-state index contributed by atoms with van der Waals surface area (Å²) in [4.78, 5) is 8.52. The lowest BCUT2D eigenvalue weighted by Gasteiger charge is -2.08. The fraction of sp³-hybridized carbons (Fsp3) is 0.400. The molecule has 0 saturated carbocycles. The molecule has 2 heterocycles. The first-order valence-electron chi connectivity index (χ1n) is 4.83. The van der Waals surface area contributed by atoms with E-state index in [0.717, 1.165) is 22.9 Å². The predicted octanol–water partition coefficient (Wildman–Crippen LogP) is 1.72. The van der Waals surface area contributed by atoms with E-state index in [4.69, 9.17) is 5.73 Å². The SMILES string of the molecule is Cc1nc(Cn2cncc2C(C)N)cs1. The summed E-state index contributed by atoms with van der Waals surface area (Å²) in [5, 5.41) is 3.16. The van der Waals surface area contributed by atoms with Crippen molar-refractivity contribution in [2.45, 2.75) is 26.4 Å². The van der Waals surface area contributed by atoms with Crippen LogP contribution in [0.15, 0.2) is 17.9 Å². The highest BCUT2D eigenvalue weighted by atomic mass is 32.1. The second-order valence-corrected chi connectivity index (χ2v) is 4.66. The number of aromatic nitrogens is 3. The van der Waals surface area contributed by atoms with Crippen LogP contribution in [-0.4, -0.2) is 14.5 Å². The number of thiazole rings is 1. The summed E-state index contributed by atoms with van der Waals surface area (Å²) in [6.07, 6.45) is 3.61. The fourth-order valence-electron chi connectivity index (χ4n) is 1.50. The smallest absolute Gasteiger partial charge is 0.0952 e. The number of nitrogens with zero attached hydrogens (tertiary/aromatic N) is 3. The largest absolute Gasteiger partial charge is 0.327 e. The van der Waals surface area contributed by atoms with Gasteiger partial charge in [0.2, 0.25) is 0 Å². The number of rotatable bonds is 3. The average molecular weight is 222 g/mol. The molecular formula is C10H14N4S. The van der Waals surface area contributed by atoms with E-state index in [0.29, 0.717) is 0 Å². The van der Waals surface area contributed by atoms with Crippen LogP contribution in [0.4, 0.5) is 0 Å². The van der Waals surface area contributed by atoms with Crippen molar-refractivity contribution in [1.29, 1.82) is 0 Å². The lowest BCUT2D eigenvalue weighted by molar-refractivity contribution is 0.667. The number of nitrogens with two attached hydrogens (primary N) is 1. The van der Waals surface area contributed by atoms with Crippen LogP contribution in [-0.2, 0) is 6.54 Å². The Morgan fingerprint density at radius 3 is 3.00 bits per heavy atom. The molecule has 2 N–H and O–H groups in total. The van der Waals surface area contributed by atoms with E-state index in [-0.39, 0.29) is 6.04 Å². The van der Waals surface area contributed by atoms with Crippen molar-refractivity contribution >= 4 is 11.3 Å². The van der Waals surface area contributed by atoms with Crippen LogP contribution in [0.25, 0.3) is 0 Å². The minimum absolute atomic E-state index is 0.00670. The van der Waals surface area contributed by atoms with E-state index in [1.807, 2.05) is 24.6 Å². The van der Waals surface area contributed by atoms with Gasteiger partial charge in [-0.3, -0.25) is 0 Å². The van der Waals surface area contributed by atoms with Gasteiger partial charge in [-0.15, -0.1) is 11.3 Å². The molecule has 0 aliphatic carbocycles. The molecule has 0 amide bonds. The molecular weight excluding hydrogens is 208 g/mol. The van der Waals surface area contributed by atoms with Crippen molar-refractivity contribution in [2.24, 2.45) is 5.73 Å². The summed E-state index contributed by atoms with van der Waals surface area (Å²) in [6.45, 7) is 4.72. The van der Waals surface area contributed by atoms with Gasteiger partial charge in [0, 0.05) is 17.6 Å². The van der Waals surface area contributed by atoms with E-state index in [1.54, 1.807) is 17.7 Å². The van der Waals surface area contributed by atoms with Gasteiger partial charge < -0.3 is 10.3 Å². The monoisotopic (exact) mass is 222 g/mol. The lowest BCUT2D eigenvalue weighted by atomic mass is 10.2. The van der Waals surface area contributed by atoms with E-state index < -0.39 is 0 Å². The third-order valence-electron chi connectivity index (χ3n) is 2.21. The summed E-state index contributed by atoms with van der Waals surface area (Å²) in [5.74, 6) is 0. The summed E-state index contributed by atoms with van der Waals surface area (Å²) in [7, 11) is 0. The van der Waals surface area contributed by atoms with Gasteiger partial charge in [0.1, 0.15) is 0 Å². The van der Waals surface area contributed by atoms with Crippen molar-refractivity contribution in [3.05, 3.63) is 34.3 Å². The Morgan fingerprint density at radius 1 is 1.60 bits per heavy atom. The Kier molecular flexibility index (Phi) is 2.83. The van der Waals surface area contributed by atoms with Crippen molar-refractivity contribution in [3.63, 3.8) is 0 Å². The van der Waals surface area contributed by atoms with E-state index in [9.17, 15) is 0 Å². The second-order valence-electron chi connectivity index (χ2n) is 3.59. The molecule has 2 rings (SSSR count). The molecule has 2 aromatic rings. The maximum absolute atomic E-state index is 5.84. The fourth-order valence-corrected chi connectivity index (χ4v) is 2.10. The highest BCUT2D eigenvalue weighted by molar-refractivity contribution is 7.09. The van der Waals surface area contributed by atoms with Crippen LogP contribution in [0.1, 0.15) is 29.4 Å². The van der Waals surface area contributed by atoms with Gasteiger partial charge in [-0.1, -0.05) is 0 Å². The highest BCUT2D eigenvalue weighted by Crippen LogP contribution is 2.13. The average Bonchev–Trinajstić information content (AvgIpc) is 2.75. The summed E-state index contributed by atoms with van der Waals surface area (Å²) in [6, 6.07) is 0.00670. The molecule has 0 aliphatic rings. The Bertz CT molecular complexity index is 444. The van der Waals surface area contributed by atoms with Gasteiger partial charge in [0.05, 0.1) is 29.3 Å². The Morgan fingerprint density at radius 2 is 2.40 bits per heavy atom. The van der Waals surface area contributed by atoms with Crippen LogP contribution in [0.3, 0.4) is 0 Å². The van der Waals surface area contributed by atoms with Gasteiger partial charge in [0.25, 0.3) is 0 Å². The minimum Gasteiger partial charge on any atom is -0.327 e. The molecule has 1 unspecified atom stereocenters. The normalized spacial score (nSPS) is 13.0. The van der Waals surface area contributed by atoms with Gasteiger partial charge in [-0.2, -0.15) is 0 Å². The van der Waals surface area contributed by atoms with Crippen LogP contribution in [0.2, 0.25) is 0 Å². The molecule has 2 aromatic heterocycles. The first kappa shape index (κ1) is 10.3. The molecule has 0 radical (unpaired) electrons. The Hall–Kier alpha value is -1.20. The molecule has 4 nitrogen and oxygen atoms in total. The van der Waals surface area contributed by atoms with Gasteiger partial charge in [-0.25, -0.2) is 9.97 Å². The standard InChI is InChI=1S/C10H14N4S/c1-7(11)10-3-12-6-14(10)4-9-5-15-8(2)13-9/h3,5-7H,4,11H2,1-2H3. The zero-order valence-corrected chi connectivity index (χ0v) is 9.66. The van der Waals surface area contributed by atoms with Crippen LogP contribution >= 0.6 is 11.3 Å². The third-order valence-corrected chi connectivity index (χ3v) is 3.03. The van der Waals surface area contributed by atoms with Crippen molar-refractivity contribution < 1.29 is 0 Å². The van der Waals surface area contributed by atoms with Gasteiger partial charge in [0.15, 0.2) is 0 Å². The van der Waals surface area contributed by atoms with Crippen molar-refractivity contribution in [2.75, 3.05) is 0 Å². The predicted molar refractivity (Wildman–Crippen MR) is 60.8 cm³/mol. The molecule has 0 spiro atoms. The first-order valence-corrected chi connectivity index (χ1v) is 5.71. The van der Waals surface area contributed by atoms with Crippen molar-refractivity contribution in [1.82, 2.24) is 14.5 Å². The van der Waals surface area contributed by atoms with Crippen LogP contribution < -0.4 is 5.73 Å². The number of hydrogen-bond donors (Lipinski definition) is 1. The summed E-state index contributed by atoms with van der Waals surface area (Å²) >= 11 is 1.66. The van der Waals surface area contributed by atoms with E-state index >= 15 is 0 Å². The number of imidazole rings is 1. The molecule has 5 heteroatoms. The van der Waals surface area contributed by atoms with Crippen LogP contribution in [0.5, 0.6) is 0 Å². The molecule has 0 bridgehead atoms. The lowest BCUT2D eigenvalue weighted by Crippen LogP contribution is -2.12. The topological polar surface area (TPSA) is 56.7 Å². The molecule has 1 atom stereocenters. The quantitative estimate of drug-likeness (QED) is 0.860. The molecule has 0 aliphatic heterocycles. The maximum atomic E-state index is 5.84. The second kappa shape index (κ2) is 4.12. The number of hydrogen-bond acceptors (Lipinski definition) is 4. The molecule has 0 fully saturated rings. The molecule has 0 aromatic carbocycles. The van der Waals surface area contributed by atoms with Crippen molar-refractivity contribution in [3.8, 4) is 0 Å². The summed E-state index contributed by atoms with van der Waals surface area (Å²) < 4.78 is 2.04. The van der Waals surface area contributed by atoms with E-state index in [2.05, 4.69) is 15.3 Å². The highest BCUT2D eigenvalue weighted by Gasteiger charge is 2.08. The zero-order valence-electron chi connectivity index (χ0n) is 8.84. The minimum atomic E-state index is 0.00670. The Labute approximate surface area is 92.8 Å². The van der Waals surface area contributed by atoms with Gasteiger partial charge in [-0.05, 0) is 13.8 Å². The van der Waals surface area contributed by atoms with E-state index in [1.165, 1.54) is 0 Å². The molecule has 15 heavy (non-hydrogen) atoms. The summed E-state index contributed by atoms with van der Waals surface area (Å²) in [5.41, 5.74) is 7.95. The first-order chi connectivity index (χ1) is 7.16. The maximum Gasteiger partial charge on any atom is 0.0952 e. The van der Waals surface area contributed by atoms with Crippen LogP contribution in [0, 0.1) is 6.92 Å². The third kappa shape index (κ3) is 2.24. The van der Waals surface area contributed by atoms with Gasteiger partial charge >= 0.3 is 0 Å². The zero-order chi connectivity index (χ0) is 10.8. The number of aryl methyl sites for hydroxylation is 1. The Balaban J connectivity index is 2.20. The molecule has 0 saturated heterocycles. The molecule has 80 valence electrons.